The summed E-state index contributed by atoms with van der Waals surface area (Å²) in [6.07, 6.45) is 0.878. The quantitative estimate of drug-likeness (QED) is 0.363. The third-order valence-corrected chi connectivity index (χ3v) is 6.58. The molecule has 4 rings (SSSR count). The Morgan fingerprint density at radius 1 is 1.03 bits per heavy atom. The van der Waals surface area contributed by atoms with Crippen molar-refractivity contribution in [3.63, 3.8) is 0 Å². The van der Waals surface area contributed by atoms with E-state index in [4.69, 9.17) is 0 Å². The summed E-state index contributed by atoms with van der Waals surface area (Å²) in [6, 6.07) is 11.0. The fourth-order valence-corrected chi connectivity index (χ4v) is 4.58. The van der Waals surface area contributed by atoms with E-state index in [0.29, 0.717) is 17.1 Å². The maximum absolute atomic E-state index is 14.4. The lowest BCUT2D eigenvalue weighted by Gasteiger charge is -2.18. The zero-order valence-electron chi connectivity index (χ0n) is 19.4. The van der Waals surface area contributed by atoms with Gasteiger partial charge in [-0.05, 0) is 79.6 Å². The minimum absolute atomic E-state index is 0.170. The summed E-state index contributed by atoms with van der Waals surface area (Å²) in [5, 5.41) is 12.9. The minimum Gasteiger partial charge on any atom is -0.505 e. The van der Waals surface area contributed by atoms with E-state index in [0.717, 1.165) is 17.5 Å². The summed E-state index contributed by atoms with van der Waals surface area (Å²) < 4.78 is 32.4. The molecule has 3 aromatic rings. The summed E-state index contributed by atoms with van der Waals surface area (Å²) >= 11 is 1.49. The predicted octanol–water partition coefficient (Wildman–Crippen LogP) is 6.37. The molecular weight excluding hydrogens is 444 g/mol. The molecule has 33 heavy (non-hydrogen) atoms. The van der Waals surface area contributed by atoms with Gasteiger partial charge in [0.2, 0.25) is 0 Å². The summed E-state index contributed by atoms with van der Waals surface area (Å²) in [4.78, 5) is 12.5. The molecule has 1 saturated carbocycles. The second kappa shape index (κ2) is 10.3. The summed E-state index contributed by atoms with van der Waals surface area (Å²) in [7, 11) is 1.64. The largest absolute Gasteiger partial charge is 0.505 e. The van der Waals surface area contributed by atoms with E-state index in [9.17, 15) is 18.7 Å². The number of aromatic nitrogens is 1. The highest BCUT2D eigenvalue weighted by Crippen LogP contribution is 2.50. The number of benzene rings is 2. The summed E-state index contributed by atoms with van der Waals surface area (Å²) in [5.74, 6) is -0.719. The van der Waals surface area contributed by atoms with Crippen LogP contribution in [0.15, 0.2) is 47.3 Å². The molecule has 1 aliphatic carbocycles. The highest BCUT2D eigenvalue weighted by atomic mass is 32.2. The zero-order valence-corrected chi connectivity index (χ0v) is 20.2. The molecule has 0 radical (unpaired) electrons. The van der Waals surface area contributed by atoms with Crippen LogP contribution in [0.1, 0.15) is 42.9 Å². The van der Waals surface area contributed by atoms with Crippen LogP contribution in [0, 0.1) is 25.5 Å². The molecule has 8 heteroatoms. The Kier molecular flexibility index (Phi) is 7.68. The molecule has 3 N–H and O–H groups in total. The van der Waals surface area contributed by atoms with E-state index in [-0.39, 0.29) is 28.2 Å². The second-order valence-corrected chi connectivity index (χ2v) is 8.92. The highest BCUT2D eigenvalue weighted by molar-refractivity contribution is 8.01. The number of hydrogen-bond acceptors (Lipinski definition) is 5. The maximum atomic E-state index is 14.4. The first-order valence-electron chi connectivity index (χ1n) is 10.9. The van der Waals surface area contributed by atoms with Crippen molar-refractivity contribution in [1.82, 2.24) is 4.57 Å². The first-order chi connectivity index (χ1) is 15.7. The monoisotopic (exact) mass is 473 g/mol. The van der Waals surface area contributed by atoms with Gasteiger partial charge in [-0.2, -0.15) is 0 Å². The Morgan fingerprint density at radius 2 is 1.76 bits per heavy atom. The van der Waals surface area contributed by atoms with Crippen LogP contribution < -0.4 is 15.6 Å². The van der Waals surface area contributed by atoms with Crippen LogP contribution in [0.5, 0.6) is 5.75 Å². The van der Waals surface area contributed by atoms with Crippen molar-refractivity contribution in [1.29, 1.82) is 0 Å². The number of hydrogen-bond donors (Lipinski definition) is 3. The van der Waals surface area contributed by atoms with Gasteiger partial charge in [-0.3, -0.25) is 9.36 Å². The van der Waals surface area contributed by atoms with Crippen molar-refractivity contribution in [3.8, 4) is 5.75 Å². The van der Waals surface area contributed by atoms with Gasteiger partial charge in [0.05, 0.1) is 11.4 Å². The molecular formula is C25H29F2N3O2S. The van der Waals surface area contributed by atoms with E-state index in [1.807, 2.05) is 20.8 Å². The number of rotatable bonds is 6. The van der Waals surface area contributed by atoms with Gasteiger partial charge in [-0.25, -0.2) is 8.78 Å². The van der Waals surface area contributed by atoms with Crippen LogP contribution in [-0.2, 0) is 7.05 Å². The van der Waals surface area contributed by atoms with Crippen molar-refractivity contribution < 1.29 is 13.9 Å². The van der Waals surface area contributed by atoms with Gasteiger partial charge in [-0.15, -0.1) is 0 Å². The molecule has 1 aliphatic rings. The maximum Gasteiger partial charge on any atom is 0.254 e. The fourth-order valence-electron chi connectivity index (χ4n) is 3.52. The smallest absolute Gasteiger partial charge is 0.254 e. The van der Waals surface area contributed by atoms with Crippen molar-refractivity contribution in [2.45, 2.75) is 45.3 Å². The lowest BCUT2D eigenvalue weighted by atomic mass is 10.1. The van der Waals surface area contributed by atoms with Gasteiger partial charge in [-0.1, -0.05) is 26.0 Å². The minimum atomic E-state index is -0.633. The van der Waals surface area contributed by atoms with Crippen LogP contribution in [-0.4, -0.2) is 14.9 Å². The Morgan fingerprint density at radius 3 is 2.42 bits per heavy atom. The molecule has 2 atom stereocenters. The number of pyridine rings is 1. The average Bonchev–Trinajstić information content (AvgIpc) is 3.57. The van der Waals surface area contributed by atoms with Gasteiger partial charge < -0.3 is 15.1 Å². The zero-order chi connectivity index (χ0) is 24.3. The van der Waals surface area contributed by atoms with Crippen LogP contribution in [0.25, 0.3) is 0 Å². The molecule has 1 aromatic heterocycles. The van der Waals surface area contributed by atoms with E-state index >= 15 is 0 Å². The number of aromatic hydroxyl groups is 1. The number of nitrogens with one attached hydrogen (secondary N) is 2. The molecule has 0 bridgehead atoms. The Bertz CT molecular complexity index is 1210. The number of phenolic OH excluding ortho intramolecular Hbond substituents is 1. The first-order valence-corrected chi connectivity index (χ1v) is 11.8. The van der Waals surface area contributed by atoms with E-state index in [1.54, 1.807) is 38.2 Å². The van der Waals surface area contributed by atoms with Crippen LogP contribution in [0.4, 0.5) is 26.0 Å². The molecule has 1 heterocycles. The number of anilines is 3. The lowest BCUT2D eigenvalue weighted by molar-refractivity contribution is 0.431. The topological polar surface area (TPSA) is 66.3 Å². The first kappa shape index (κ1) is 24.6. The van der Waals surface area contributed by atoms with Crippen molar-refractivity contribution in [2.24, 2.45) is 7.05 Å². The number of nitrogens with zero attached hydrogens (tertiary/aromatic N) is 1. The Balaban J connectivity index is 0.00000149. The molecule has 0 aliphatic heterocycles. The molecule has 5 nitrogen and oxygen atoms in total. The SMILES string of the molecule is CC.Cc1ccc(Nc2c(NSC3CC3c3ccc(F)c(O)c3)cc(C)c(=O)n2C)c(F)c1. The Hall–Kier alpha value is -3.00. The van der Waals surface area contributed by atoms with Crippen molar-refractivity contribution in [2.75, 3.05) is 10.0 Å². The van der Waals surface area contributed by atoms with E-state index in [2.05, 4.69) is 10.0 Å². The molecule has 0 amide bonds. The molecule has 0 spiro atoms. The molecule has 2 aromatic carbocycles. The highest BCUT2D eigenvalue weighted by Gasteiger charge is 2.39. The van der Waals surface area contributed by atoms with Crippen molar-refractivity contribution in [3.05, 3.63) is 81.1 Å². The summed E-state index contributed by atoms with van der Waals surface area (Å²) in [5.41, 5.74) is 3.03. The van der Waals surface area contributed by atoms with E-state index < -0.39 is 11.6 Å². The molecule has 1 fully saturated rings. The lowest BCUT2D eigenvalue weighted by Crippen LogP contribution is -2.22. The summed E-state index contributed by atoms with van der Waals surface area (Å²) in [6.45, 7) is 7.54. The molecule has 176 valence electrons. The normalized spacial score (nSPS) is 16.6. The standard InChI is InChI=1S/C23H23F2N3O2S.C2H6/c1-12-4-7-18(17(25)8-12)26-22-19(9-13(2)23(30)28(22)3)27-31-21-11-15(21)14-5-6-16(24)20(29)10-14;1-2/h4-10,15,21,26-27,29H,11H2,1-3H3;1-2H3. The average molecular weight is 474 g/mol. The van der Waals surface area contributed by atoms with Crippen LogP contribution in [0.3, 0.4) is 0 Å². The Labute approximate surface area is 197 Å². The van der Waals surface area contributed by atoms with Gasteiger partial charge in [0.25, 0.3) is 5.56 Å². The van der Waals surface area contributed by atoms with Crippen LogP contribution in [0.2, 0.25) is 0 Å². The number of halogens is 2. The van der Waals surface area contributed by atoms with Gasteiger partial charge in [0.1, 0.15) is 11.6 Å². The van der Waals surface area contributed by atoms with Gasteiger partial charge in [0, 0.05) is 17.9 Å². The third kappa shape index (κ3) is 5.50. The van der Waals surface area contributed by atoms with Gasteiger partial charge >= 0.3 is 0 Å². The number of aryl methyl sites for hydroxylation is 2. The molecule has 0 saturated heterocycles. The van der Waals surface area contributed by atoms with E-state index in [1.165, 1.54) is 34.7 Å². The van der Waals surface area contributed by atoms with Gasteiger partial charge in [0.15, 0.2) is 11.6 Å². The van der Waals surface area contributed by atoms with Crippen LogP contribution >= 0.6 is 11.9 Å². The predicted molar refractivity (Wildman–Crippen MR) is 133 cm³/mol. The number of phenols is 1. The second-order valence-electron chi connectivity index (χ2n) is 7.87. The fraction of sp³-hybridized carbons (Fsp3) is 0.320. The van der Waals surface area contributed by atoms with Crippen molar-refractivity contribution >= 4 is 29.1 Å². The third-order valence-electron chi connectivity index (χ3n) is 5.42. The molecule has 2 unspecified atom stereocenters.